The van der Waals surface area contributed by atoms with Crippen molar-refractivity contribution in [2.75, 3.05) is 32.8 Å². The maximum absolute atomic E-state index is 12.4. The largest absolute Gasteiger partial charge is 0.494 e. The lowest BCUT2D eigenvalue weighted by atomic mass is 9.93. The number of carboxylic acid groups (broad SMARTS) is 2. The molecular formula is C35H49N5O6S. The van der Waals surface area contributed by atoms with Crippen LogP contribution in [0.3, 0.4) is 0 Å². The number of nitrogens with one attached hydrogen (secondary N) is 2. The third-order valence-corrected chi connectivity index (χ3v) is 7.40. The minimum atomic E-state index is -0.833. The van der Waals surface area contributed by atoms with Crippen molar-refractivity contribution in [3.05, 3.63) is 83.9 Å². The first-order valence-corrected chi connectivity index (χ1v) is 16.2. The molecule has 0 atom stereocenters. The highest BCUT2D eigenvalue weighted by Gasteiger charge is 2.21. The summed E-state index contributed by atoms with van der Waals surface area (Å²) in [4.78, 5) is 33.5. The zero-order chi connectivity index (χ0) is 35.2. The van der Waals surface area contributed by atoms with Crippen molar-refractivity contribution in [2.45, 2.75) is 51.9 Å². The fourth-order valence-corrected chi connectivity index (χ4v) is 5.16. The zero-order valence-corrected chi connectivity index (χ0v) is 28.5. The van der Waals surface area contributed by atoms with Crippen molar-refractivity contribution >= 4 is 35.6 Å². The number of hydrogen-bond donors (Lipinski definition) is 6. The highest BCUT2D eigenvalue weighted by atomic mass is 32.2. The van der Waals surface area contributed by atoms with E-state index < -0.39 is 11.9 Å². The molecule has 3 aromatic carbocycles. The number of benzene rings is 3. The summed E-state index contributed by atoms with van der Waals surface area (Å²) in [5, 5.41) is 21.9. The van der Waals surface area contributed by atoms with Crippen LogP contribution in [0.1, 0.15) is 51.2 Å². The number of nitrogens with two attached hydrogens (primary N) is 2. The molecule has 1 heterocycles. The molecule has 1 saturated heterocycles. The molecule has 0 spiro atoms. The number of nitrogens with zero attached hydrogens (tertiary/aromatic N) is 1. The fourth-order valence-electron chi connectivity index (χ4n) is 4.46. The molecule has 3 aromatic rings. The van der Waals surface area contributed by atoms with E-state index in [1.165, 1.54) is 11.9 Å². The van der Waals surface area contributed by atoms with Gasteiger partial charge < -0.3 is 31.3 Å². The van der Waals surface area contributed by atoms with Crippen LogP contribution >= 0.6 is 11.9 Å². The molecule has 0 aromatic heterocycles. The number of nitrogen functional groups attached to an aromatic ring is 1. The Hall–Kier alpha value is -4.39. The number of likely N-dealkylation sites (tertiary alicyclic amines) is 1. The Morgan fingerprint density at radius 1 is 0.957 bits per heavy atom. The molecule has 256 valence electrons. The average Bonchev–Trinajstić information content (AvgIpc) is 3.02. The quantitative estimate of drug-likeness (QED) is 0.0927. The van der Waals surface area contributed by atoms with Crippen LogP contribution in [0.2, 0.25) is 0 Å². The molecule has 0 aliphatic carbocycles. The molecular weight excluding hydrogens is 618 g/mol. The lowest BCUT2D eigenvalue weighted by Crippen LogP contribution is -2.42. The Labute approximate surface area is 282 Å². The predicted molar refractivity (Wildman–Crippen MR) is 189 cm³/mol. The number of carbonyl (C=O) groups excluding carboxylic acids is 1. The fraction of sp³-hybridized carbons (Fsp3) is 0.371. The molecule has 47 heavy (non-hydrogen) atoms. The number of hydrogen-bond acceptors (Lipinski definition) is 8. The van der Waals surface area contributed by atoms with Crippen LogP contribution in [-0.2, 0) is 14.4 Å². The van der Waals surface area contributed by atoms with E-state index in [-0.39, 0.29) is 11.7 Å². The zero-order valence-electron chi connectivity index (χ0n) is 27.7. The number of amidine groups is 1. The normalized spacial score (nSPS) is 12.1. The summed E-state index contributed by atoms with van der Waals surface area (Å²) in [6.07, 6.45) is 3.21. The maximum Gasteiger partial charge on any atom is 0.300 e. The molecule has 0 saturated carbocycles. The van der Waals surface area contributed by atoms with Crippen LogP contribution in [0.5, 0.6) is 5.75 Å². The van der Waals surface area contributed by atoms with Crippen LogP contribution in [0.15, 0.2) is 77.7 Å². The Morgan fingerprint density at radius 2 is 1.55 bits per heavy atom. The second-order valence-corrected chi connectivity index (χ2v) is 11.6. The first kappa shape index (κ1) is 40.6. The highest BCUT2D eigenvalue weighted by molar-refractivity contribution is 7.97. The number of aliphatic carboxylic acids is 2. The maximum atomic E-state index is 12.4. The van der Waals surface area contributed by atoms with Gasteiger partial charge in [-0.3, -0.25) is 24.5 Å². The van der Waals surface area contributed by atoms with Gasteiger partial charge in [0.15, 0.2) is 0 Å². The Kier molecular flexibility index (Phi) is 19.9. The summed E-state index contributed by atoms with van der Waals surface area (Å²) in [5.74, 6) is 0.195. The Morgan fingerprint density at radius 3 is 2.06 bits per heavy atom. The van der Waals surface area contributed by atoms with Gasteiger partial charge in [-0.1, -0.05) is 48.0 Å². The van der Waals surface area contributed by atoms with Gasteiger partial charge in [0.05, 0.1) is 13.2 Å². The van der Waals surface area contributed by atoms with E-state index in [4.69, 9.17) is 41.4 Å². The smallest absolute Gasteiger partial charge is 0.300 e. The monoisotopic (exact) mass is 667 g/mol. The van der Waals surface area contributed by atoms with E-state index in [1.54, 1.807) is 0 Å². The summed E-state index contributed by atoms with van der Waals surface area (Å²) in [7, 11) is 0. The number of ether oxygens (including phenoxy) is 1. The van der Waals surface area contributed by atoms with Crippen molar-refractivity contribution in [1.29, 1.82) is 5.41 Å². The number of carboxylic acids is 2. The molecule has 1 aliphatic rings. The van der Waals surface area contributed by atoms with Gasteiger partial charge in [-0.2, -0.15) is 0 Å². The van der Waals surface area contributed by atoms with E-state index in [1.807, 2.05) is 61.2 Å². The predicted octanol–water partition coefficient (Wildman–Crippen LogP) is 5.40. The second kappa shape index (κ2) is 23.0. The number of piperidine rings is 1. The number of aryl methyl sites for hydroxylation is 1. The summed E-state index contributed by atoms with van der Waals surface area (Å²) < 4.78 is 8.73. The number of amides is 1. The van der Waals surface area contributed by atoms with Crippen LogP contribution in [0.4, 0.5) is 0 Å². The molecule has 0 radical (unpaired) electrons. The molecule has 8 N–H and O–H groups in total. The first-order valence-electron chi connectivity index (χ1n) is 15.4. The average molecular weight is 668 g/mol. The standard InChI is InChI=1S/C23H31N3O2S.C8H10N2.2C2H4O2/c1-2-28-21-8-6-19(7-9-21)20-4-3-5-22(16-20)29-25-17-23(27)26-14-11-18(10-13-24)12-15-26;1-6-3-2-4-7(5-6)8(9)10;2*1-2(3)4/h3-9,16,18,25H,2,10-15,17,24H2,1H3;2-5H,1H3,(H3,9,10);2*1H3,(H,3,4). The number of rotatable bonds is 10. The molecule has 11 nitrogen and oxygen atoms in total. The molecule has 12 heteroatoms. The molecule has 0 unspecified atom stereocenters. The van der Waals surface area contributed by atoms with Gasteiger partial charge in [0.1, 0.15) is 11.6 Å². The van der Waals surface area contributed by atoms with E-state index in [2.05, 4.69) is 35.1 Å². The summed E-state index contributed by atoms with van der Waals surface area (Å²) in [6.45, 7) is 9.59. The minimum absolute atomic E-state index is 0.128. The van der Waals surface area contributed by atoms with Crippen LogP contribution < -0.4 is 20.9 Å². The third kappa shape index (κ3) is 18.4. The van der Waals surface area contributed by atoms with E-state index in [9.17, 15) is 4.79 Å². The van der Waals surface area contributed by atoms with Crippen molar-refractivity contribution in [2.24, 2.45) is 17.4 Å². The van der Waals surface area contributed by atoms with Gasteiger partial charge >= 0.3 is 0 Å². The van der Waals surface area contributed by atoms with Crippen LogP contribution in [0, 0.1) is 18.3 Å². The highest BCUT2D eigenvalue weighted by Crippen LogP contribution is 2.26. The number of carbonyl (C=O) groups is 3. The molecule has 1 amide bonds. The van der Waals surface area contributed by atoms with Crippen molar-refractivity contribution in [1.82, 2.24) is 9.62 Å². The molecule has 4 rings (SSSR count). The van der Waals surface area contributed by atoms with Crippen molar-refractivity contribution in [3.8, 4) is 16.9 Å². The summed E-state index contributed by atoms with van der Waals surface area (Å²) in [5.41, 5.74) is 15.1. The van der Waals surface area contributed by atoms with Gasteiger partial charge in [-0.15, -0.1) is 0 Å². The van der Waals surface area contributed by atoms with Gasteiger partial charge in [-0.05, 0) is 99.0 Å². The Balaban J connectivity index is 0.000000501. The van der Waals surface area contributed by atoms with Crippen LogP contribution in [0.25, 0.3) is 11.1 Å². The first-order chi connectivity index (χ1) is 22.4. The lowest BCUT2D eigenvalue weighted by molar-refractivity contribution is -0.135. The molecule has 0 bridgehead atoms. The van der Waals surface area contributed by atoms with Gasteiger partial charge in [0, 0.05) is 37.4 Å². The Bertz CT molecular complexity index is 1380. The van der Waals surface area contributed by atoms with Gasteiger partial charge in [0.25, 0.3) is 11.9 Å². The van der Waals surface area contributed by atoms with Crippen molar-refractivity contribution in [3.63, 3.8) is 0 Å². The molecule has 1 aliphatic heterocycles. The van der Waals surface area contributed by atoms with Crippen molar-refractivity contribution < 1.29 is 29.3 Å². The minimum Gasteiger partial charge on any atom is -0.494 e. The van der Waals surface area contributed by atoms with Crippen LogP contribution in [-0.4, -0.2) is 71.6 Å². The summed E-state index contributed by atoms with van der Waals surface area (Å²) >= 11 is 1.50. The van der Waals surface area contributed by atoms with Gasteiger partial charge in [0.2, 0.25) is 5.91 Å². The SMILES string of the molecule is CC(=O)O.CC(=O)O.CCOc1ccc(-c2cccc(SNCC(=O)N3CCC(CCN)CC3)c2)cc1.Cc1cccc(C(=N)N)c1. The molecule has 1 fully saturated rings. The summed E-state index contributed by atoms with van der Waals surface area (Å²) in [6, 6.07) is 24.0. The van der Waals surface area contributed by atoms with E-state index in [0.717, 1.165) is 85.6 Å². The topological polar surface area (TPSA) is 192 Å². The van der Waals surface area contributed by atoms with E-state index in [0.29, 0.717) is 19.1 Å². The third-order valence-electron chi connectivity index (χ3n) is 6.62. The second-order valence-electron chi connectivity index (χ2n) is 10.6. The lowest BCUT2D eigenvalue weighted by Gasteiger charge is -2.31. The van der Waals surface area contributed by atoms with Gasteiger partial charge in [-0.25, -0.2) is 0 Å². The van der Waals surface area contributed by atoms with E-state index >= 15 is 0 Å².